The number of aryl methyl sites for hydroxylation is 1. The lowest BCUT2D eigenvalue weighted by Gasteiger charge is -2.17. The summed E-state index contributed by atoms with van der Waals surface area (Å²) < 4.78 is 6.32. The van der Waals surface area contributed by atoms with Crippen molar-refractivity contribution in [2.75, 3.05) is 0 Å². The van der Waals surface area contributed by atoms with Gasteiger partial charge in [-0.1, -0.05) is 109 Å². The van der Waals surface area contributed by atoms with Crippen LogP contribution < -0.4 is 0 Å². The van der Waals surface area contributed by atoms with Crippen molar-refractivity contribution in [3.8, 4) is 27.9 Å². The third-order valence-corrected chi connectivity index (χ3v) is 12.1. The molecule has 0 fully saturated rings. The summed E-state index contributed by atoms with van der Waals surface area (Å²) in [5.74, 6) is 0. The van der Waals surface area contributed by atoms with Crippen molar-refractivity contribution < 1.29 is 0 Å². The highest BCUT2D eigenvalue weighted by Gasteiger charge is 2.22. The van der Waals surface area contributed by atoms with Gasteiger partial charge in [-0.25, -0.2) is 0 Å². The van der Waals surface area contributed by atoms with Crippen molar-refractivity contribution in [3.63, 3.8) is 0 Å². The van der Waals surface area contributed by atoms with Gasteiger partial charge in [-0.3, -0.25) is 0 Å². The van der Waals surface area contributed by atoms with E-state index < -0.39 is 0 Å². The first kappa shape index (κ1) is 28.7. The van der Waals surface area contributed by atoms with Crippen LogP contribution >= 0.6 is 11.3 Å². The minimum absolute atomic E-state index is 1.01. The SMILES string of the molecule is C1=C(n2c3ccccc3c3cc(-c4ccccc4)ccc32)CCc2sc3ccc(-n4c5ccccc5c5cc(-c6ccccc6)ccc54)cc3c21. The van der Waals surface area contributed by atoms with Crippen molar-refractivity contribution in [2.24, 2.45) is 0 Å². The van der Waals surface area contributed by atoms with Crippen molar-refractivity contribution in [2.45, 2.75) is 12.8 Å². The second kappa shape index (κ2) is 11.2. The first-order chi connectivity index (χ1) is 25.3. The lowest BCUT2D eigenvalue weighted by atomic mass is 9.99. The van der Waals surface area contributed by atoms with E-state index in [0.717, 1.165) is 12.8 Å². The van der Waals surface area contributed by atoms with Crippen molar-refractivity contribution in [1.82, 2.24) is 9.13 Å². The molecule has 0 radical (unpaired) electrons. The largest absolute Gasteiger partial charge is 0.313 e. The van der Waals surface area contributed by atoms with Crippen LogP contribution in [0.1, 0.15) is 16.9 Å². The molecule has 1 aliphatic carbocycles. The summed E-state index contributed by atoms with van der Waals surface area (Å²) in [6, 6.07) is 60.1. The zero-order valence-corrected chi connectivity index (χ0v) is 28.7. The van der Waals surface area contributed by atoms with Crippen LogP contribution in [0.5, 0.6) is 0 Å². The molecule has 3 aromatic heterocycles. The van der Waals surface area contributed by atoms with E-state index in [9.17, 15) is 0 Å². The summed E-state index contributed by atoms with van der Waals surface area (Å²) >= 11 is 1.96. The second-order valence-electron chi connectivity index (χ2n) is 13.7. The van der Waals surface area contributed by atoms with E-state index in [1.54, 1.807) is 0 Å². The summed E-state index contributed by atoms with van der Waals surface area (Å²) in [6.07, 6.45) is 4.54. The smallest absolute Gasteiger partial charge is 0.0541 e. The Hall–Kier alpha value is -6.16. The van der Waals surface area contributed by atoms with E-state index in [1.807, 2.05) is 11.3 Å². The van der Waals surface area contributed by atoms with Crippen LogP contribution in [-0.4, -0.2) is 9.13 Å². The summed E-state index contributed by atoms with van der Waals surface area (Å²) in [6.45, 7) is 0. The van der Waals surface area contributed by atoms with E-state index in [1.165, 1.54) is 97.8 Å². The Kier molecular flexibility index (Phi) is 6.28. The van der Waals surface area contributed by atoms with Crippen LogP contribution in [0.25, 0.3) is 93.4 Å². The molecule has 0 aliphatic heterocycles. The Labute approximate surface area is 299 Å². The number of para-hydroxylation sites is 2. The Bertz CT molecular complexity index is 3010. The third kappa shape index (κ3) is 4.42. The maximum absolute atomic E-state index is 2.52. The van der Waals surface area contributed by atoms with Crippen LogP contribution in [0.4, 0.5) is 0 Å². The molecule has 0 bridgehead atoms. The zero-order valence-electron chi connectivity index (χ0n) is 27.9. The van der Waals surface area contributed by atoms with Crippen LogP contribution in [0, 0.1) is 0 Å². The number of hydrogen-bond acceptors (Lipinski definition) is 1. The Morgan fingerprint density at radius 3 is 1.59 bits per heavy atom. The molecule has 2 nitrogen and oxygen atoms in total. The van der Waals surface area contributed by atoms with Gasteiger partial charge in [-0.2, -0.15) is 0 Å². The zero-order chi connectivity index (χ0) is 33.5. The fraction of sp³-hybridized carbons (Fsp3) is 0.0417. The molecule has 0 saturated carbocycles. The molecule has 3 heteroatoms. The molecule has 0 spiro atoms. The van der Waals surface area contributed by atoms with E-state index >= 15 is 0 Å². The predicted octanol–water partition coefficient (Wildman–Crippen LogP) is 13.4. The quantitative estimate of drug-likeness (QED) is 0.177. The second-order valence-corrected chi connectivity index (χ2v) is 14.8. The first-order valence-corrected chi connectivity index (χ1v) is 18.5. The molecule has 10 aromatic rings. The monoisotopic (exact) mass is 668 g/mol. The molecule has 240 valence electrons. The molecule has 11 rings (SSSR count). The number of aromatic nitrogens is 2. The summed E-state index contributed by atoms with van der Waals surface area (Å²) in [5, 5.41) is 6.50. The highest BCUT2D eigenvalue weighted by molar-refractivity contribution is 7.19. The molecule has 3 heterocycles. The number of hydrogen-bond donors (Lipinski definition) is 0. The van der Waals surface area contributed by atoms with Crippen LogP contribution in [0.2, 0.25) is 0 Å². The average Bonchev–Trinajstić information content (AvgIpc) is 3.85. The normalized spacial score (nSPS) is 13.1. The number of rotatable bonds is 4. The Balaban J connectivity index is 1.08. The van der Waals surface area contributed by atoms with Gasteiger partial charge in [0.25, 0.3) is 0 Å². The molecule has 0 N–H and O–H groups in total. The van der Waals surface area contributed by atoms with Crippen molar-refractivity contribution in [3.05, 3.63) is 174 Å². The van der Waals surface area contributed by atoms with E-state index in [4.69, 9.17) is 0 Å². The average molecular weight is 669 g/mol. The minimum atomic E-state index is 1.01. The number of fused-ring (bicyclic) bond motifs is 9. The van der Waals surface area contributed by atoms with Gasteiger partial charge in [0.15, 0.2) is 0 Å². The van der Waals surface area contributed by atoms with E-state index in [2.05, 4.69) is 179 Å². The molecule has 0 unspecified atom stereocenters. The van der Waals surface area contributed by atoms with E-state index in [0.29, 0.717) is 0 Å². The van der Waals surface area contributed by atoms with Gasteiger partial charge in [-0.05, 0) is 101 Å². The lowest BCUT2D eigenvalue weighted by molar-refractivity contribution is 0.968. The molecule has 51 heavy (non-hydrogen) atoms. The molecule has 0 atom stereocenters. The van der Waals surface area contributed by atoms with Gasteiger partial charge in [0, 0.05) is 47.9 Å². The topological polar surface area (TPSA) is 9.86 Å². The molecule has 1 aliphatic rings. The molecule has 7 aromatic carbocycles. The van der Waals surface area contributed by atoms with Crippen molar-refractivity contribution >= 4 is 76.8 Å². The maximum Gasteiger partial charge on any atom is 0.0541 e. The van der Waals surface area contributed by atoms with Gasteiger partial charge in [0.05, 0.1) is 22.1 Å². The van der Waals surface area contributed by atoms with Gasteiger partial charge < -0.3 is 9.13 Å². The highest BCUT2D eigenvalue weighted by atomic mass is 32.1. The third-order valence-electron chi connectivity index (χ3n) is 10.8. The van der Waals surface area contributed by atoms with Crippen LogP contribution in [0.15, 0.2) is 164 Å². The molecule has 0 amide bonds. The first-order valence-electron chi connectivity index (χ1n) is 17.7. The fourth-order valence-corrected chi connectivity index (χ4v) is 9.61. The number of thiophene rings is 1. The highest BCUT2D eigenvalue weighted by Crippen LogP contribution is 2.43. The van der Waals surface area contributed by atoms with Gasteiger partial charge in [0.1, 0.15) is 0 Å². The molecular weight excluding hydrogens is 637 g/mol. The van der Waals surface area contributed by atoms with Crippen LogP contribution in [0.3, 0.4) is 0 Å². The number of benzene rings is 7. The van der Waals surface area contributed by atoms with E-state index in [-0.39, 0.29) is 0 Å². The number of allylic oxidation sites excluding steroid dienone is 1. The predicted molar refractivity (Wildman–Crippen MR) is 219 cm³/mol. The number of nitrogens with zero attached hydrogens (tertiary/aromatic N) is 2. The van der Waals surface area contributed by atoms with Crippen molar-refractivity contribution in [1.29, 1.82) is 0 Å². The summed E-state index contributed by atoms with van der Waals surface area (Å²) in [7, 11) is 0. The van der Waals surface area contributed by atoms with Gasteiger partial charge >= 0.3 is 0 Å². The van der Waals surface area contributed by atoms with Crippen LogP contribution in [-0.2, 0) is 6.42 Å². The Morgan fingerprint density at radius 1 is 0.392 bits per heavy atom. The molecular formula is C48H32N2S. The summed E-state index contributed by atoms with van der Waals surface area (Å²) in [4.78, 5) is 1.48. The lowest BCUT2D eigenvalue weighted by Crippen LogP contribution is -2.03. The maximum atomic E-state index is 2.52. The molecule has 0 saturated heterocycles. The minimum Gasteiger partial charge on any atom is -0.313 e. The van der Waals surface area contributed by atoms with Gasteiger partial charge in [0.2, 0.25) is 0 Å². The van der Waals surface area contributed by atoms with Gasteiger partial charge in [-0.15, -0.1) is 11.3 Å². The standard InChI is InChI=1S/C48H32N2S/c1-3-11-31(12-4-1)33-19-23-45-39(27-33)37-15-7-9-17-43(37)49(45)35-21-25-47-41(29-35)42-30-36(22-26-48(42)51-47)50-44-18-10-8-16-38(44)40-28-34(20-24-46(40)50)32-13-5-2-6-14-32/h1-21,23-25,27-30H,22,26H2. The summed E-state index contributed by atoms with van der Waals surface area (Å²) in [5.41, 5.74) is 13.9. The fourth-order valence-electron chi connectivity index (χ4n) is 8.45. The Morgan fingerprint density at radius 2 is 0.941 bits per heavy atom.